The lowest BCUT2D eigenvalue weighted by molar-refractivity contribution is 0.548. The van der Waals surface area contributed by atoms with Gasteiger partial charge in [0.2, 0.25) is 0 Å². The zero-order chi connectivity index (χ0) is 14.9. The van der Waals surface area contributed by atoms with E-state index >= 15 is 0 Å². The third-order valence-corrected chi connectivity index (χ3v) is 4.32. The lowest BCUT2D eigenvalue weighted by Gasteiger charge is -2.15. The number of hydrogen-bond acceptors (Lipinski definition) is 0. The molecule has 3 heteroatoms. The third-order valence-electron chi connectivity index (χ3n) is 3.54. The highest BCUT2D eigenvalue weighted by Crippen LogP contribution is 2.33. The summed E-state index contributed by atoms with van der Waals surface area (Å²) in [5.74, 6) is -0.961. The van der Waals surface area contributed by atoms with Gasteiger partial charge in [0.25, 0.3) is 0 Å². The Morgan fingerprint density at radius 2 is 1.65 bits per heavy atom. The summed E-state index contributed by atoms with van der Waals surface area (Å²) in [6.45, 7) is 5.67. The van der Waals surface area contributed by atoms with Gasteiger partial charge in [0.05, 0.1) is 0 Å². The standard InChI is InChI=1S/C17H17BrF2/c1-10-4-5-11(2)13(8-10)9-14(18)16-15(19)7-6-12(3)17(16)20/h4-8,14H,9H2,1-3H3. The second kappa shape index (κ2) is 6.04. The number of rotatable bonds is 3. The highest BCUT2D eigenvalue weighted by atomic mass is 79.9. The Hall–Kier alpha value is -1.22. The molecule has 0 saturated carbocycles. The van der Waals surface area contributed by atoms with Crippen molar-refractivity contribution in [1.82, 2.24) is 0 Å². The van der Waals surface area contributed by atoms with Gasteiger partial charge in [-0.2, -0.15) is 0 Å². The molecule has 2 aromatic carbocycles. The Bertz CT molecular complexity index is 635. The van der Waals surface area contributed by atoms with Crippen LogP contribution in [-0.4, -0.2) is 0 Å². The molecule has 106 valence electrons. The Labute approximate surface area is 127 Å². The van der Waals surface area contributed by atoms with Gasteiger partial charge < -0.3 is 0 Å². The Morgan fingerprint density at radius 3 is 2.35 bits per heavy atom. The zero-order valence-electron chi connectivity index (χ0n) is 11.8. The van der Waals surface area contributed by atoms with Gasteiger partial charge in [-0.05, 0) is 49.9 Å². The van der Waals surface area contributed by atoms with Crippen LogP contribution >= 0.6 is 15.9 Å². The first-order valence-corrected chi connectivity index (χ1v) is 7.46. The van der Waals surface area contributed by atoms with Crippen molar-refractivity contribution in [1.29, 1.82) is 0 Å². The van der Waals surface area contributed by atoms with Gasteiger partial charge in [-0.15, -0.1) is 0 Å². The summed E-state index contributed by atoms with van der Waals surface area (Å²) >= 11 is 3.44. The number of hydrogen-bond donors (Lipinski definition) is 0. The van der Waals surface area contributed by atoms with Crippen LogP contribution < -0.4 is 0 Å². The molecular formula is C17H17BrF2. The zero-order valence-corrected chi connectivity index (χ0v) is 13.4. The van der Waals surface area contributed by atoms with E-state index in [0.29, 0.717) is 12.0 Å². The van der Waals surface area contributed by atoms with Crippen LogP contribution in [0.25, 0.3) is 0 Å². The van der Waals surface area contributed by atoms with Crippen LogP contribution in [0.1, 0.15) is 32.6 Å². The van der Waals surface area contributed by atoms with E-state index in [9.17, 15) is 8.78 Å². The summed E-state index contributed by atoms with van der Waals surface area (Å²) in [5.41, 5.74) is 3.97. The maximum Gasteiger partial charge on any atom is 0.133 e. The van der Waals surface area contributed by atoms with Crippen LogP contribution in [0.4, 0.5) is 8.78 Å². The minimum Gasteiger partial charge on any atom is -0.207 e. The Balaban J connectivity index is 2.35. The van der Waals surface area contributed by atoms with Crippen molar-refractivity contribution in [2.45, 2.75) is 32.0 Å². The van der Waals surface area contributed by atoms with Crippen LogP contribution in [0.3, 0.4) is 0 Å². The van der Waals surface area contributed by atoms with E-state index in [0.717, 1.165) is 16.7 Å². The Morgan fingerprint density at radius 1 is 1.00 bits per heavy atom. The molecule has 1 unspecified atom stereocenters. The van der Waals surface area contributed by atoms with Gasteiger partial charge in [0.15, 0.2) is 0 Å². The average molecular weight is 339 g/mol. The first-order chi connectivity index (χ1) is 9.40. The van der Waals surface area contributed by atoms with Crippen molar-refractivity contribution in [2.75, 3.05) is 0 Å². The number of aryl methyl sites for hydroxylation is 3. The first-order valence-electron chi connectivity index (χ1n) is 6.55. The van der Waals surface area contributed by atoms with Crippen molar-refractivity contribution in [2.24, 2.45) is 0 Å². The van der Waals surface area contributed by atoms with E-state index in [1.54, 1.807) is 6.92 Å². The minimum atomic E-state index is -0.500. The molecule has 0 nitrogen and oxygen atoms in total. The van der Waals surface area contributed by atoms with E-state index in [4.69, 9.17) is 0 Å². The first kappa shape index (κ1) is 15.2. The fraction of sp³-hybridized carbons (Fsp3) is 0.294. The van der Waals surface area contributed by atoms with Gasteiger partial charge in [-0.3, -0.25) is 0 Å². The molecule has 2 aromatic rings. The van der Waals surface area contributed by atoms with Crippen LogP contribution in [0.5, 0.6) is 0 Å². The molecule has 0 saturated heterocycles. The summed E-state index contributed by atoms with van der Waals surface area (Å²) in [5, 5.41) is 0. The fourth-order valence-corrected chi connectivity index (χ4v) is 3.05. The fourth-order valence-electron chi connectivity index (χ4n) is 2.28. The van der Waals surface area contributed by atoms with E-state index in [-0.39, 0.29) is 10.4 Å². The van der Waals surface area contributed by atoms with Crippen LogP contribution in [0.15, 0.2) is 30.3 Å². The van der Waals surface area contributed by atoms with E-state index in [1.807, 2.05) is 26.0 Å². The molecule has 2 rings (SSSR count). The predicted octanol–water partition coefficient (Wildman–Crippen LogP) is 5.57. The highest BCUT2D eigenvalue weighted by Gasteiger charge is 2.20. The van der Waals surface area contributed by atoms with E-state index < -0.39 is 11.6 Å². The van der Waals surface area contributed by atoms with Gasteiger partial charge in [0.1, 0.15) is 11.6 Å². The molecule has 0 bridgehead atoms. The van der Waals surface area contributed by atoms with Gasteiger partial charge in [0, 0.05) is 10.4 Å². The summed E-state index contributed by atoms with van der Waals surface area (Å²) < 4.78 is 28.0. The van der Waals surface area contributed by atoms with E-state index in [1.165, 1.54) is 12.1 Å². The van der Waals surface area contributed by atoms with Crippen molar-refractivity contribution in [3.05, 3.63) is 69.8 Å². The number of benzene rings is 2. The van der Waals surface area contributed by atoms with Crippen molar-refractivity contribution < 1.29 is 8.78 Å². The van der Waals surface area contributed by atoms with Crippen LogP contribution in [-0.2, 0) is 6.42 Å². The lowest BCUT2D eigenvalue weighted by Crippen LogP contribution is -2.05. The normalized spacial score (nSPS) is 12.5. The molecule has 0 amide bonds. The summed E-state index contributed by atoms with van der Waals surface area (Å²) in [6.07, 6.45) is 0.560. The van der Waals surface area contributed by atoms with Crippen molar-refractivity contribution >= 4 is 15.9 Å². The molecule has 0 fully saturated rings. The second-order valence-electron chi connectivity index (χ2n) is 5.19. The average Bonchev–Trinajstić information content (AvgIpc) is 2.39. The second-order valence-corrected chi connectivity index (χ2v) is 6.30. The molecule has 0 aliphatic carbocycles. The lowest BCUT2D eigenvalue weighted by atomic mass is 9.97. The van der Waals surface area contributed by atoms with Gasteiger partial charge in [-0.1, -0.05) is 45.8 Å². The molecule has 0 aliphatic rings. The van der Waals surface area contributed by atoms with Crippen molar-refractivity contribution in [3.8, 4) is 0 Å². The molecule has 1 atom stereocenters. The topological polar surface area (TPSA) is 0 Å². The quantitative estimate of drug-likeness (QED) is 0.642. The Kier molecular flexibility index (Phi) is 4.59. The molecule has 0 heterocycles. The molecule has 20 heavy (non-hydrogen) atoms. The minimum absolute atomic E-state index is 0.117. The molecule has 0 aromatic heterocycles. The maximum atomic E-state index is 14.1. The number of alkyl halides is 1. The molecule has 0 radical (unpaired) electrons. The SMILES string of the molecule is Cc1ccc(C)c(CC(Br)c2c(F)ccc(C)c2F)c1. The smallest absolute Gasteiger partial charge is 0.133 e. The summed E-state index contributed by atoms with van der Waals surface area (Å²) in [7, 11) is 0. The van der Waals surface area contributed by atoms with Crippen LogP contribution in [0, 0.1) is 32.4 Å². The molecule has 0 N–H and O–H groups in total. The third kappa shape index (κ3) is 3.09. The van der Waals surface area contributed by atoms with Crippen LogP contribution in [0.2, 0.25) is 0 Å². The monoisotopic (exact) mass is 338 g/mol. The molecule has 0 spiro atoms. The highest BCUT2D eigenvalue weighted by molar-refractivity contribution is 9.09. The largest absolute Gasteiger partial charge is 0.207 e. The summed E-state index contributed by atoms with van der Waals surface area (Å²) in [4.78, 5) is -0.372. The predicted molar refractivity (Wildman–Crippen MR) is 82.4 cm³/mol. The van der Waals surface area contributed by atoms with Crippen molar-refractivity contribution in [3.63, 3.8) is 0 Å². The van der Waals surface area contributed by atoms with E-state index in [2.05, 4.69) is 22.0 Å². The summed E-state index contributed by atoms with van der Waals surface area (Å²) in [6, 6.07) is 8.93. The number of halogens is 3. The molecule has 0 aliphatic heterocycles. The van der Waals surface area contributed by atoms with Gasteiger partial charge >= 0.3 is 0 Å². The maximum absolute atomic E-state index is 14.1. The molecular weight excluding hydrogens is 322 g/mol. The van der Waals surface area contributed by atoms with Gasteiger partial charge in [-0.25, -0.2) is 8.78 Å².